The van der Waals surface area contributed by atoms with Crippen LogP contribution in [0.1, 0.15) is 38.5 Å². The molecule has 122 valence electrons. The fourth-order valence-corrected chi connectivity index (χ4v) is 2.56. The third-order valence-electron chi connectivity index (χ3n) is 4.12. The molecule has 1 amide bonds. The summed E-state index contributed by atoms with van der Waals surface area (Å²) in [5.41, 5.74) is 0.944. The lowest BCUT2D eigenvalue weighted by atomic mass is 10.2. The standard InChI is InChI=1S/C18H23N3O2/c1-2-3-12-21(18(22)15-9-10-15)13-11-16-19-17(20-23-16)14-7-5-4-6-8-14/h4-8,15H,2-3,9-13H2,1H3. The second kappa shape index (κ2) is 7.40. The molecule has 1 aliphatic carbocycles. The van der Waals surface area contributed by atoms with Gasteiger partial charge in [-0.1, -0.05) is 48.8 Å². The number of carbonyl (C=O) groups is 1. The molecule has 0 bridgehead atoms. The van der Waals surface area contributed by atoms with Gasteiger partial charge in [-0.25, -0.2) is 0 Å². The molecule has 1 heterocycles. The SMILES string of the molecule is CCCCN(CCc1nc(-c2ccccc2)no1)C(=O)C1CC1. The van der Waals surface area contributed by atoms with Crippen molar-refractivity contribution < 1.29 is 9.32 Å². The van der Waals surface area contributed by atoms with E-state index >= 15 is 0 Å². The van der Waals surface area contributed by atoms with Crippen LogP contribution in [0.2, 0.25) is 0 Å². The fourth-order valence-electron chi connectivity index (χ4n) is 2.56. The van der Waals surface area contributed by atoms with Crippen molar-refractivity contribution in [2.45, 2.75) is 39.0 Å². The molecule has 1 aromatic carbocycles. The Labute approximate surface area is 136 Å². The van der Waals surface area contributed by atoms with E-state index < -0.39 is 0 Å². The van der Waals surface area contributed by atoms with Gasteiger partial charge in [-0.2, -0.15) is 4.98 Å². The average molecular weight is 313 g/mol. The molecule has 1 saturated carbocycles. The molecular weight excluding hydrogens is 290 g/mol. The van der Waals surface area contributed by atoms with Gasteiger partial charge >= 0.3 is 0 Å². The molecule has 0 radical (unpaired) electrons. The van der Waals surface area contributed by atoms with Crippen LogP contribution in [-0.4, -0.2) is 34.0 Å². The molecule has 1 aromatic heterocycles. The Hall–Kier alpha value is -2.17. The van der Waals surface area contributed by atoms with Crippen LogP contribution in [0.3, 0.4) is 0 Å². The number of nitrogens with zero attached hydrogens (tertiary/aromatic N) is 3. The molecule has 0 unspecified atom stereocenters. The smallest absolute Gasteiger partial charge is 0.228 e. The van der Waals surface area contributed by atoms with Crippen molar-refractivity contribution in [2.75, 3.05) is 13.1 Å². The minimum absolute atomic E-state index is 0.259. The van der Waals surface area contributed by atoms with E-state index in [1.807, 2.05) is 35.2 Å². The maximum atomic E-state index is 12.3. The maximum Gasteiger partial charge on any atom is 0.228 e. The number of carbonyl (C=O) groups excluding carboxylic acids is 1. The first kappa shape index (κ1) is 15.7. The second-order valence-corrected chi connectivity index (χ2v) is 6.08. The van der Waals surface area contributed by atoms with Crippen LogP contribution in [0.25, 0.3) is 11.4 Å². The molecule has 0 atom stereocenters. The van der Waals surface area contributed by atoms with Gasteiger partial charge in [0.15, 0.2) is 0 Å². The first-order valence-electron chi connectivity index (χ1n) is 8.44. The minimum Gasteiger partial charge on any atom is -0.342 e. The van der Waals surface area contributed by atoms with Gasteiger partial charge in [-0.3, -0.25) is 4.79 Å². The molecule has 1 aliphatic rings. The minimum atomic E-state index is 0.259. The topological polar surface area (TPSA) is 59.2 Å². The number of hydrogen-bond acceptors (Lipinski definition) is 4. The van der Waals surface area contributed by atoms with Gasteiger partial charge in [-0.05, 0) is 19.3 Å². The molecule has 0 saturated heterocycles. The van der Waals surface area contributed by atoms with E-state index in [9.17, 15) is 4.79 Å². The number of aromatic nitrogens is 2. The largest absolute Gasteiger partial charge is 0.342 e. The van der Waals surface area contributed by atoms with Crippen LogP contribution in [0.5, 0.6) is 0 Å². The van der Waals surface area contributed by atoms with Crippen molar-refractivity contribution in [3.05, 3.63) is 36.2 Å². The van der Waals surface area contributed by atoms with E-state index in [1.165, 1.54) is 0 Å². The van der Waals surface area contributed by atoms with E-state index in [0.717, 1.165) is 37.8 Å². The highest BCUT2D eigenvalue weighted by Gasteiger charge is 2.33. The van der Waals surface area contributed by atoms with Gasteiger partial charge < -0.3 is 9.42 Å². The highest BCUT2D eigenvalue weighted by molar-refractivity contribution is 5.81. The lowest BCUT2D eigenvalue weighted by Gasteiger charge is -2.21. The van der Waals surface area contributed by atoms with Crippen molar-refractivity contribution >= 4 is 5.91 Å². The fraction of sp³-hybridized carbons (Fsp3) is 0.500. The molecule has 23 heavy (non-hydrogen) atoms. The van der Waals surface area contributed by atoms with Crippen molar-refractivity contribution in [1.29, 1.82) is 0 Å². The molecule has 0 N–H and O–H groups in total. The number of unbranched alkanes of at least 4 members (excludes halogenated alkanes) is 1. The Morgan fingerprint density at radius 1 is 1.26 bits per heavy atom. The van der Waals surface area contributed by atoms with Crippen molar-refractivity contribution in [2.24, 2.45) is 5.92 Å². The average Bonchev–Trinajstić information content (AvgIpc) is 3.34. The Bertz CT molecular complexity index is 635. The summed E-state index contributed by atoms with van der Waals surface area (Å²) in [6, 6.07) is 9.77. The molecule has 0 spiro atoms. The molecule has 3 rings (SSSR count). The van der Waals surface area contributed by atoms with E-state index in [-0.39, 0.29) is 5.92 Å². The first-order chi connectivity index (χ1) is 11.3. The third kappa shape index (κ3) is 4.18. The monoisotopic (exact) mass is 313 g/mol. The summed E-state index contributed by atoms with van der Waals surface area (Å²) in [5.74, 6) is 1.75. The summed E-state index contributed by atoms with van der Waals surface area (Å²) >= 11 is 0. The Balaban J connectivity index is 1.59. The van der Waals surface area contributed by atoms with Crippen LogP contribution in [0.15, 0.2) is 34.9 Å². The first-order valence-corrected chi connectivity index (χ1v) is 8.44. The lowest BCUT2D eigenvalue weighted by Crippen LogP contribution is -2.35. The van der Waals surface area contributed by atoms with Crippen LogP contribution >= 0.6 is 0 Å². The lowest BCUT2D eigenvalue weighted by molar-refractivity contribution is -0.132. The quantitative estimate of drug-likeness (QED) is 0.750. The van der Waals surface area contributed by atoms with Gasteiger partial charge in [0.2, 0.25) is 17.6 Å². The van der Waals surface area contributed by atoms with Crippen LogP contribution in [0, 0.1) is 5.92 Å². The third-order valence-corrected chi connectivity index (χ3v) is 4.12. The number of rotatable bonds is 8. The van der Waals surface area contributed by atoms with E-state index in [1.54, 1.807) is 0 Å². The zero-order valence-corrected chi connectivity index (χ0v) is 13.6. The Morgan fingerprint density at radius 2 is 2.04 bits per heavy atom. The number of benzene rings is 1. The maximum absolute atomic E-state index is 12.3. The number of hydrogen-bond donors (Lipinski definition) is 0. The summed E-state index contributed by atoms with van der Waals surface area (Å²) in [5, 5.41) is 4.03. The van der Waals surface area contributed by atoms with E-state index in [4.69, 9.17) is 4.52 Å². The summed E-state index contributed by atoms with van der Waals surface area (Å²) in [4.78, 5) is 18.7. The van der Waals surface area contributed by atoms with Crippen LogP contribution in [0.4, 0.5) is 0 Å². The molecule has 1 fully saturated rings. The zero-order chi connectivity index (χ0) is 16.1. The van der Waals surface area contributed by atoms with E-state index in [0.29, 0.717) is 30.6 Å². The van der Waals surface area contributed by atoms with E-state index in [2.05, 4.69) is 17.1 Å². The van der Waals surface area contributed by atoms with Crippen molar-refractivity contribution in [3.8, 4) is 11.4 Å². The molecule has 5 nitrogen and oxygen atoms in total. The summed E-state index contributed by atoms with van der Waals surface area (Å²) in [6.07, 6.45) is 4.83. The second-order valence-electron chi connectivity index (χ2n) is 6.08. The van der Waals surface area contributed by atoms with Gasteiger partial charge in [-0.15, -0.1) is 0 Å². The van der Waals surface area contributed by atoms with Crippen molar-refractivity contribution in [3.63, 3.8) is 0 Å². The van der Waals surface area contributed by atoms with Gasteiger partial charge in [0.25, 0.3) is 0 Å². The summed E-state index contributed by atoms with van der Waals surface area (Å²) < 4.78 is 5.33. The van der Waals surface area contributed by atoms with Gasteiger partial charge in [0, 0.05) is 31.0 Å². The highest BCUT2D eigenvalue weighted by Crippen LogP contribution is 2.31. The van der Waals surface area contributed by atoms with Crippen LogP contribution < -0.4 is 0 Å². The Morgan fingerprint density at radius 3 is 2.74 bits per heavy atom. The molecule has 0 aliphatic heterocycles. The molecular formula is C18H23N3O2. The summed E-state index contributed by atoms with van der Waals surface area (Å²) in [6.45, 7) is 3.63. The summed E-state index contributed by atoms with van der Waals surface area (Å²) in [7, 11) is 0. The predicted molar refractivity (Wildman–Crippen MR) is 87.7 cm³/mol. The predicted octanol–water partition coefficient (Wildman–Crippen LogP) is 3.32. The Kier molecular flexibility index (Phi) is 5.05. The van der Waals surface area contributed by atoms with Gasteiger partial charge in [0.1, 0.15) is 0 Å². The normalized spacial score (nSPS) is 14.0. The van der Waals surface area contributed by atoms with Gasteiger partial charge in [0.05, 0.1) is 0 Å². The van der Waals surface area contributed by atoms with Crippen LogP contribution in [-0.2, 0) is 11.2 Å². The van der Waals surface area contributed by atoms with Crippen molar-refractivity contribution in [1.82, 2.24) is 15.0 Å². The molecule has 2 aromatic rings. The number of amides is 1. The molecule has 5 heteroatoms. The highest BCUT2D eigenvalue weighted by atomic mass is 16.5. The zero-order valence-electron chi connectivity index (χ0n) is 13.6.